The van der Waals surface area contributed by atoms with Crippen LogP contribution >= 0.6 is 0 Å². The molecule has 0 saturated heterocycles. The van der Waals surface area contributed by atoms with Gasteiger partial charge in [0.1, 0.15) is 11.6 Å². The maximum absolute atomic E-state index is 14.2. The highest BCUT2D eigenvalue weighted by atomic mass is 19.1. The molecule has 0 bridgehead atoms. The summed E-state index contributed by atoms with van der Waals surface area (Å²) in [5.74, 6) is -0.157. The van der Waals surface area contributed by atoms with Gasteiger partial charge >= 0.3 is 0 Å². The third-order valence-corrected chi connectivity index (χ3v) is 5.83. The van der Waals surface area contributed by atoms with E-state index in [0.717, 1.165) is 60.8 Å². The van der Waals surface area contributed by atoms with E-state index in [0.29, 0.717) is 23.4 Å². The number of nitrogens with one attached hydrogen (secondary N) is 1. The molecule has 1 amide bonds. The molecule has 162 valence electrons. The van der Waals surface area contributed by atoms with Crippen LogP contribution in [-0.4, -0.2) is 25.7 Å². The molecule has 1 aliphatic rings. The summed E-state index contributed by atoms with van der Waals surface area (Å²) in [6, 6.07) is 12.6. The van der Waals surface area contributed by atoms with E-state index in [9.17, 15) is 9.18 Å². The number of primary amides is 1. The number of hydrogen-bond acceptors (Lipinski definition) is 5. The number of carbonyl (C=O) groups excluding carboxylic acids is 1. The summed E-state index contributed by atoms with van der Waals surface area (Å²) in [4.78, 5) is 21.4. The first-order valence-corrected chi connectivity index (χ1v) is 10.7. The number of aromatic nitrogens is 4. The molecule has 0 unspecified atom stereocenters. The van der Waals surface area contributed by atoms with Crippen LogP contribution in [0.4, 0.5) is 10.2 Å². The Morgan fingerprint density at radius 3 is 2.72 bits per heavy atom. The van der Waals surface area contributed by atoms with Gasteiger partial charge in [-0.15, -0.1) is 0 Å². The Hall–Kier alpha value is -3.81. The number of aryl methyl sites for hydroxylation is 1. The maximum atomic E-state index is 14.2. The van der Waals surface area contributed by atoms with E-state index in [4.69, 9.17) is 15.7 Å². The van der Waals surface area contributed by atoms with Gasteiger partial charge in [0, 0.05) is 23.6 Å². The summed E-state index contributed by atoms with van der Waals surface area (Å²) in [5, 5.41) is 8.31. The minimum atomic E-state index is -0.706. The third-order valence-electron chi connectivity index (χ3n) is 5.83. The highest BCUT2D eigenvalue weighted by molar-refractivity contribution is 6.05. The molecule has 0 spiro atoms. The number of rotatable bonds is 5. The highest BCUT2D eigenvalue weighted by Gasteiger charge is 2.20. The van der Waals surface area contributed by atoms with Crippen molar-refractivity contribution in [2.24, 2.45) is 5.73 Å². The van der Waals surface area contributed by atoms with Gasteiger partial charge in [-0.05, 0) is 37.3 Å². The first-order valence-electron chi connectivity index (χ1n) is 10.7. The van der Waals surface area contributed by atoms with Crippen molar-refractivity contribution in [2.75, 3.05) is 5.32 Å². The predicted molar refractivity (Wildman–Crippen MR) is 120 cm³/mol. The molecule has 1 aliphatic carbocycles. The van der Waals surface area contributed by atoms with Gasteiger partial charge in [0.2, 0.25) is 5.91 Å². The fourth-order valence-corrected chi connectivity index (χ4v) is 4.24. The number of nitrogens with two attached hydrogens (primary N) is 1. The van der Waals surface area contributed by atoms with Gasteiger partial charge in [0.15, 0.2) is 0 Å². The molecule has 2 heterocycles. The van der Waals surface area contributed by atoms with Gasteiger partial charge in [-0.1, -0.05) is 36.8 Å². The number of hydrogen-bond donors (Lipinski definition) is 2. The topological polar surface area (TPSA) is 98.7 Å². The van der Waals surface area contributed by atoms with Crippen molar-refractivity contribution in [3.8, 4) is 5.95 Å². The number of fused-ring (bicyclic) bond motifs is 2. The fourth-order valence-electron chi connectivity index (χ4n) is 4.24. The molecular formula is C24H23FN6O. The molecule has 32 heavy (non-hydrogen) atoms. The first-order chi connectivity index (χ1) is 15.6. The highest BCUT2D eigenvalue weighted by Crippen LogP contribution is 2.28. The Morgan fingerprint density at radius 2 is 1.91 bits per heavy atom. The van der Waals surface area contributed by atoms with Crippen LogP contribution in [0.15, 0.2) is 48.7 Å². The number of carbonyl (C=O) groups is 1. The Balaban J connectivity index is 1.62. The molecule has 8 heteroatoms. The molecule has 3 N–H and O–H groups in total. The van der Waals surface area contributed by atoms with Crippen molar-refractivity contribution in [3.63, 3.8) is 0 Å². The lowest BCUT2D eigenvalue weighted by Crippen LogP contribution is -2.14. The standard InChI is InChI=1S/C24H23FN6O/c25-16-11-18(22(26)32)19-14-28-31(21(19)12-16)24-29-20-10-6-2-5-9-17(20)23(30-24)27-13-15-7-3-1-4-8-15/h1,3-4,7-8,11-12,14H,2,5-6,9-10,13H2,(H2,26,32)(H,27,29,30). The quantitative estimate of drug-likeness (QED) is 0.468. The Labute approximate surface area is 184 Å². The van der Waals surface area contributed by atoms with Crippen molar-refractivity contribution in [1.82, 2.24) is 19.7 Å². The lowest BCUT2D eigenvalue weighted by Gasteiger charge is -2.15. The average Bonchev–Trinajstić information content (AvgIpc) is 3.06. The monoisotopic (exact) mass is 430 g/mol. The summed E-state index contributed by atoms with van der Waals surface area (Å²) >= 11 is 0. The molecule has 0 aliphatic heterocycles. The van der Waals surface area contributed by atoms with E-state index in [1.807, 2.05) is 18.2 Å². The predicted octanol–water partition coefficient (Wildman–Crippen LogP) is 3.93. The van der Waals surface area contributed by atoms with Crippen LogP contribution in [0.1, 0.15) is 46.4 Å². The minimum absolute atomic E-state index is 0.0865. The van der Waals surface area contributed by atoms with Gasteiger partial charge in [0.05, 0.1) is 23.0 Å². The fraction of sp³-hybridized carbons (Fsp3) is 0.250. The molecule has 0 radical (unpaired) electrons. The summed E-state index contributed by atoms with van der Waals surface area (Å²) in [5.41, 5.74) is 9.19. The molecule has 4 aromatic rings. The van der Waals surface area contributed by atoms with Gasteiger partial charge in [0.25, 0.3) is 5.95 Å². The zero-order chi connectivity index (χ0) is 22.1. The summed E-state index contributed by atoms with van der Waals surface area (Å²) in [7, 11) is 0. The summed E-state index contributed by atoms with van der Waals surface area (Å²) in [6.07, 6.45) is 6.55. The zero-order valence-corrected chi connectivity index (χ0v) is 17.5. The Kier molecular flexibility index (Phi) is 5.26. The molecule has 2 aromatic carbocycles. The SMILES string of the molecule is NC(=O)c1cc(F)cc2c1cnn2-c1nc2c(c(NCc3ccccc3)n1)CCCCC2. The number of halogens is 1. The van der Waals surface area contributed by atoms with Crippen LogP contribution in [0.25, 0.3) is 16.9 Å². The van der Waals surface area contributed by atoms with Crippen LogP contribution in [0, 0.1) is 5.82 Å². The van der Waals surface area contributed by atoms with Crippen LogP contribution in [0.5, 0.6) is 0 Å². The second-order valence-electron chi connectivity index (χ2n) is 8.00. The number of anilines is 1. The Morgan fingerprint density at radius 1 is 1.09 bits per heavy atom. The van der Waals surface area contributed by atoms with E-state index >= 15 is 0 Å². The average molecular weight is 430 g/mol. The lowest BCUT2D eigenvalue weighted by atomic mass is 10.1. The molecule has 7 nitrogen and oxygen atoms in total. The molecule has 0 atom stereocenters. The van der Waals surface area contributed by atoms with E-state index in [1.54, 1.807) is 0 Å². The zero-order valence-electron chi connectivity index (χ0n) is 17.5. The third kappa shape index (κ3) is 3.79. The van der Waals surface area contributed by atoms with E-state index in [2.05, 4.69) is 22.5 Å². The van der Waals surface area contributed by atoms with Crippen LogP contribution in [0.3, 0.4) is 0 Å². The minimum Gasteiger partial charge on any atom is -0.366 e. The smallest absolute Gasteiger partial charge is 0.253 e. The van der Waals surface area contributed by atoms with Crippen LogP contribution in [-0.2, 0) is 19.4 Å². The van der Waals surface area contributed by atoms with Gasteiger partial charge in [-0.3, -0.25) is 4.79 Å². The second-order valence-corrected chi connectivity index (χ2v) is 8.00. The second kappa shape index (κ2) is 8.37. The first kappa shape index (κ1) is 20.1. The van der Waals surface area contributed by atoms with Gasteiger partial charge in [-0.2, -0.15) is 14.8 Å². The Bertz CT molecular complexity index is 1300. The molecule has 0 saturated carbocycles. The van der Waals surface area contributed by atoms with Gasteiger partial charge in [-0.25, -0.2) is 9.37 Å². The molecule has 2 aromatic heterocycles. The normalized spacial score (nSPS) is 13.5. The summed E-state index contributed by atoms with van der Waals surface area (Å²) < 4.78 is 15.7. The van der Waals surface area contributed by atoms with E-state index in [-0.39, 0.29) is 5.56 Å². The van der Waals surface area contributed by atoms with E-state index in [1.165, 1.54) is 16.9 Å². The maximum Gasteiger partial charge on any atom is 0.253 e. The molecular weight excluding hydrogens is 407 g/mol. The van der Waals surface area contributed by atoms with Crippen molar-refractivity contribution in [1.29, 1.82) is 0 Å². The van der Waals surface area contributed by atoms with Gasteiger partial charge < -0.3 is 11.1 Å². The number of amides is 1. The van der Waals surface area contributed by atoms with Crippen molar-refractivity contribution >= 4 is 22.6 Å². The number of benzene rings is 2. The van der Waals surface area contributed by atoms with Crippen LogP contribution in [0.2, 0.25) is 0 Å². The molecule has 5 rings (SSSR count). The lowest BCUT2D eigenvalue weighted by molar-refractivity contribution is 0.100. The van der Waals surface area contributed by atoms with Crippen molar-refractivity contribution in [3.05, 3.63) is 76.9 Å². The van der Waals surface area contributed by atoms with Crippen molar-refractivity contribution in [2.45, 2.75) is 38.6 Å². The summed E-state index contributed by atoms with van der Waals surface area (Å²) in [6.45, 7) is 0.629. The van der Waals surface area contributed by atoms with Crippen molar-refractivity contribution < 1.29 is 9.18 Å². The van der Waals surface area contributed by atoms with Crippen LogP contribution < -0.4 is 11.1 Å². The molecule has 0 fully saturated rings. The number of nitrogens with zero attached hydrogens (tertiary/aromatic N) is 4. The van der Waals surface area contributed by atoms with E-state index < -0.39 is 11.7 Å². The largest absolute Gasteiger partial charge is 0.366 e.